The average Bonchev–Trinajstić information content (AvgIpc) is 3.22. The summed E-state index contributed by atoms with van der Waals surface area (Å²) in [6, 6.07) is 6.11. The maximum absolute atomic E-state index is 15.3. The van der Waals surface area contributed by atoms with Crippen molar-refractivity contribution in [2.45, 2.75) is 31.5 Å². The van der Waals surface area contributed by atoms with Gasteiger partial charge in [0.15, 0.2) is 11.6 Å². The number of likely N-dealkylation sites (tertiary alicyclic amines) is 1. The number of hydrogen-bond donors (Lipinski definition) is 1. The lowest BCUT2D eigenvalue weighted by Gasteiger charge is -2.38. The predicted molar refractivity (Wildman–Crippen MR) is 129 cm³/mol. The summed E-state index contributed by atoms with van der Waals surface area (Å²) in [4.78, 5) is 8.77. The molecule has 0 bridgehead atoms. The zero-order chi connectivity index (χ0) is 23.8. The highest BCUT2D eigenvalue weighted by Gasteiger charge is 2.32. The predicted octanol–water partition coefficient (Wildman–Crippen LogP) is 2.69. The number of fused-ring (bicyclic) bond motifs is 1. The standard InChI is InChI=1S/C25H32FN5O3/c1-16-8-17-11-28-31(25-10-23(24(34-3)12-27-25)30-13-18(32)14-30)22(17)9-20(16)19-4-5-29(6-7-33-2)15-21(19)26/h8-12,18-19,21,32H,4-7,13-15H2,1-3H3. The van der Waals surface area contributed by atoms with Gasteiger partial charge in [0.25, 0.3) is 0 Å². The maximum atomic E-state index is 15.3. The first kappa shape index (κ1) is 23.0. The normalized spacial score (nSPS) is 21.7. The molecule has 182 valence electrons. The van der Waals surface area contributed by atoms with E-state index in [1.807, 2.05) is 12.3 Å². The second-order valence-corrected chi connectivity index (χ2v) is 9.30. The number of nitrogens with zero attached hydrogens (tertiary/aromatic N) is 5. The Labute approximate surface area is 198 Å². The largest absolute Gasteiger partial charge is 0.493 e. The summed E-state index contributed by atoms with van der Waals surface area (Å²) in [5.41, 5.74) is 3.90. The van der Waals surface area contributed by atoms with Crippen molar-refractivity contribution >= 4 is 16.6 Å². The molecule has 1 N–H and O–H groups in total. The number of methoxy groups -OCH3 is 2. The van der Waals surface area contributed by atoms with E-state index < -0.39 is 6.17 Å². The summed E-state index contributed by atoms with van der Waals surface area (Å²) in [5, 5.41) is 15.3. The van der Waals surface area contributed by atoms with Crippen LogP contribution in [-0.2, 0) is 4.74 Å². The van der Waals surface area contributed by atoms with E-state index in [1.165, 1.54) is 0 Å². The second-order valence-electron chi connectivity index (χ2n) is 9.30. The number of halogens is 1. The Bertz CT molecular complexity index is 1160. The van der Waals surface area contributed by atoms with Crippen LogP contribution in [0, 0.1) is 6.92 Å². The molecule has 5 rings (SSSR count). The molecule has 8 nitrogen and oxygen atoms in total. The molecule has 2 aliphatic rings. The van der Waals surface area contributed by atoms with E-state index in [9.17, 15) is 5.11 Å². The number of aryl methyl sites for hydroxylation is 1. The number of aliphatic hydroxyl groups excluding tert-OH is 1. The molecule has 0 saturated carbocycles. The third-order valence-electron chi connectivity index (χ3n) is 7.06. The van der Waals surface area contributed by atoms with Crippen LogP contribution in [0.5, 0.6) is 5.75 Å². The Kier molecular flexibility index (Phi) is 6.42. The zero-order valence-electron chi connectivity index (χ0n) is 19.9. The number of hydrogen-bond acceptors (Lipinski definition) is 7. The van der Waals surface area contributed by atoms with Crippen LogP contribution in [0.15, 0.2) is 30.6 Å². The fourth-order valence-corrected chi connectivity index (χ4v) is 5.12. The molecular formula is C25H32FN5O3. The number of rotatable bonds is 7. The van der Waals surface area contributed by atoms with Crippen LogP contribution >= 0.6 is 0 Å². The number of ether oxygens (including phenoxy) is 2. The van der Waals surface area contributed by atoms with Crippen LogP contribution < -0.4 is 9.64 Å². The van der Waals surface area contributed by atoms with Crippen LogP contribution in [0.3, 0.4) is 0 Å². The van der Waals surface area contributed by atoms with Crippen molar-refractivity contribution in [3.63, 3.8) is 0 Å². The summed E-state index contributed by atoms with van der Waals surface area (Å²) in [6.07, 6.45) is 3.03. The highest BCUT2D eigenvalue weighted by atomic mass is 19.1. The molecule has 2 unspecified atom stereocenters. The fraction of sp³-hybridized carbons (Fsp3) is 0.520. The van der Waals surface area contributed by atoms with Gasteiger partial charge in [-0.2, -0.15) is 5.10 Å². The first-order chi connectivity index (χ1) is 16.5. The highest BCUT2D eigenvalue weighted by molar-refractivity contribution is 5.82. The topological polar surface area (TPSA) is 75.9 Å². The van der Waals surface area contributed by atoms with Crippen molar-refractivity contribution in [2.24, 2.45) is 0 Å². The fourth-order valence-electron chi connectivity index (χ4n) is 5.12. The lowest BCUT2D eigenvalue weighted by molar-refractivity contribution is 0.0862. The van der Waals surface area contributed by atoms with Crippen molar-refractivity contribution in [1.82, 2.24) is 19.7 Å². The van der Waals surface area contributed by atoms with Gasteiger partial charge in [-0.25, -0.2) is 14.1 Å². The van der Waals surface area contributed by atoms with Crippen LogP contribution in [0.4, 0.5) is 10.1 Å². The quantitative estimate of drug-likeness (QED) is 0.570. The number of alkyl halides is 1. The third kappa shape index (κ3) is 4.23. The highest BCUT2D eigenvalue weighted by Crippen LogP contribution is 2.36. The smallest absolute Gasteiger partial charge is 0.160 e. The van der Waals surface area contributed by atoms with Gasteiger partial charge in [-0.3, -0.25) is 4.90 Å². The number of pyridine rings is 1. The Morgan fingerprint density at radius 1 is 1.15 bits per heavy atom. The second kappa shape index (κ2) is 9.48. The van der Waals surface area contributed by atoms with Crippen LogP contribution in [0.25, 0.3) is 16.7 Å². The molecule has 3 aromatic rings. The average molecular weight is 470 g/mol. The molecule has 34 heavy (non-hydrogen) atoms. The summed E-state index contributed by atoms with van der Waals surface area (Å²) in [5.74, 6) is 1.17. The minimum Gasteiger partial charge on any atom is -0.493 e. The minimum atomic E-state index is -0.929. The molecule has 2 saturated heterocycles. The van der Waals surface area contributed by atoms with E-state index in [2.05, 4.69) is 38.9 Å². The molecule has 0 radical (unpaired) electrons. The molecule has 2 fully saturated rings. The van der Waals surface area contributed by atoms with Gasteiger partial charge in [-0.05, 0) is 43.1 Å². The van der Waals surface area contributed by atoms with Gasteiger partial charge >= 0.3 is 0 Å². The van der Waals surface area contributed by atoms with Gasteiger partial charge < -0.3 is 19.5 Å². The number of piperidine rings is 1. The van der Waals surface area contributed by atoms with Gasteiger partial charge in [0.2, 0.25) is 0 Å². The zero-order valence-corrected chi connectivity index (χ0v) is 19.9. The van der Waals surface area contributed by atoms with Crippen molar-refractivity contribution < 1.29 is 19.0 Å². The molecular weight excluding hydrogens is 437 g/mol. The van der Waals surface area contributed by atoms with Crippen LogP contribution in [-0.4, -0.2) is 90.6 Å². The first-order valence-corrected chi connectivity index (χ1v) is 11.8. The lowest BCUT2D eigenvalue weighted by atomic mass is 9.85. The maximum Gasteiger partial charge on any atom is 0.160 e. The number of aromatic nitrogens is 3. The molecule has 0 spiro atoms. The molecule has 2 aliphatic heterocycles. The van der Waals surface area contributed by atoms with Gasteiger partial charge in [-0.15, -0.1) is 0 Å². The Hall–Kier alpha value is -2.75. The summed E-state index contributed by atoms with van der Waals surface area (Å²) < 4.78 is 27.7. The Morgan fingerprint density at radius 2 is 1.97 bits per heavy atom. The van der Waals surface area contributed by atoms with Gasteiger partial charge in [0, 0.05) is 50.7 Å². The molecule has 2 aromatic heterocycles. The van der Waals surface area contributed by atoms with Gasteiger partial charge in [0.05, 0.1) is 43.4 Å². The molecule has 1 aromatic carbocycles. The number of β-amino-alcohol motifs (C(OH)–C–C–N with tert-alkyl or cyclic N) is 1. The van der Waals surface area contributed by atoms with Crippen molar-refractivity contribution in [3.05, 3.63) is 41.7 Å². The molecule has 2 atom stereocenters. The first-order valence-electron chi connectivity index (χ1n) is 11.8. The lowest BCUT2D eigenvalue weighted by Crippen LogP contribution is -2.51. The van der Waals surface area contributed by atoms with Crippen LogP contribution in [0.2, 0.25) is 0 Å². The number of aliphatic hydroxyl groups is 1. The number of anilines is 1. The Morgan fingerprint density at radius 3 is 2.68 bits per heavy atom. The van der Waals surface area contributed by atoms with Crippen LogP contribution in [0.1, 0.15) is 23.5 Å². The van der Waals surface area contributed by atoms with E-state index >= 15 is 4.39 Å². The van der Waals surface area contributed by atoms with E-state index in [-0.39, 0.29) is 12.0 Å². The van der Waals surface area contributed by atoms with E-state index in [0.29, 0.717) is 37.8 Å². The SMILES string of the molecule is COCCN1CCC(c2cc3c(cnn3-c3cc(N4CC(O)C4)c(OC)cn3)cc2C)C(F)C1. The van der Waals surface area contributed by atoms with Gasteiger partial charge in [0.1, 0.15) is 6.17 Å². The van der Waals surface area contributed by atoms with E-state index in [4.69, 9.17) is 9.47 Å². The molecule has 9 heteroatoms. The minimum absolute atomic E-state index is 0.145. The van der Waals surface area contributed by atoms with Gasteiger partial charge in [-0.1, -0.05) is 0 Å². The van der Waals surface area contributed by atoms with E-state index in [0.717, 1.165) is 47.2 Å². The summed E-state index contributed by atoms with van der Waals surface area (Å²) in [7, 11) is 3.29. The summed E-state index contributed by atoms with van der Waals surface area (Å²) in [6.45, 7) is 5.83. The van der Waals surface area contributed by atoms with Crippen molar-refractivity contribution in [1.29, 1.82) is 0 Å². The van der Waals surface area contributed by atoms with E-state index in [1.54, 1.807) is 25.1 Å². The Balaban J connectivity index is 1.47. The third-order valence-corrected chi connectivity index (χ3v) is 7.06. The van der Waals surface area contributed by atoms with Crippen molar-refractivity contribution in [2.75, 3.05) is 58.5 Å². The number of benzene rings is 1. The molecule has 4 heterocycles. The molecule has 0 aliphatic carbocycles. The molecule has 0 amide bonds. The monoisotopic (exact) mass is 469 g/mol. The summed E-state index contributed by atoms with van der Waals surface area (Å²) >= 11 is 0. The van der Waals surface area contributed by atoms with Crippen molar-refractivity contribution in [3.8, 4) is 11.6 Å².